The third-order valence-electron chi connectivity index (χ3n) is 7.07. The van der Waals surface area contributed by atoms with Crippen LogP contribution >= 0.6 is 0 Å². The Morgan fingerprint density at radius 3 is 2.34 bits per heavy atom. The summed E-state index contributed by atoms with van der Waals surface area (Å²) >= 11 is 0. The molecule has 2 aromatic carbocycles. The number of carbonyl (C=O) groups is 2. The van der Waals surface area contributed by atoms with Crippen molar-refractivity contribution in [2.45, 2.75) is 71.5 Å². The maximum absolute atomic E-state index is 14.6. The number of nitrogens with zero attached hydrogens (tertiary/aromatic N) is 3. The molecule has 8 nitrogen and oxygen atoms in total. The molecule has 2 amide bonds. The van der Waals surface area contributed by atoms with E-state index >= 15 is 0 Å². The van der Waals surface area contributed by atoms with Crippen molar-refractivity contribution in [3.8, 4) is 0 Å². The molecular weight excluding hydrogens is 507 g/mol. The second kappa shape index (κ2) is 12.7. The second-order valence-corrected chi connectivity index (χ2v) is 12.3. The highest BCUT2D eigenvalue weighted by molar-refractivity contribution is 7.90. The van der Waals surface area contributed by atoms with Gasteiger partial charge in [0.05, 0.1) is 5.69 Å². The molecule has 0 spiro atoms. The minimum Gasteiger partial charge on any atom is -0.352 e. The van der Waals surface area contributed by atoms with Gasteiger partial charge in [0.2, 0.25) is 11.8 Å². The van der Waals surface area contributed by atoms with Gasteiger partial charge in [0, 0.05) is 32.2 Å². The third kappa shape index (κ3) is 7.11. The first-order chi connectivity index (χ1) is 17.9. The zero-order valence-corrected chi connectivity index (χ0v) is 23.7. The normalized spacial score (nSPS) is 15.2. The van der Waals surface area contributed by atoms with Crippen molar-refractivity contribution in [1.82, 2.24) is 14.5 Å². The molecule has 0 heterocycles. The Kier molecular flexibility index (Phi) is 9.89. The van der Waals surface area contributed by atoms with E-state index in [0.29, 0.717) is 11.3 Å². The lowest BCUT2D eigenvalue weighted by Crippen LogP contribution is -2.54. The van der Waals surface area contributed by atoms with Gasteiger partial charge in [-0.25, -0.2) is 8.70 Å². The number of hydrogen-bond acceptors (Lipinski definition) is 4. The van der Waals surface area contributed by atoms with E-state index in [1.165, 1.54) is 25.1 Å². The number of hydrogen-bond donors (Lipinski definition) is 1. The van der Waals surface area contributed by atoms with Crippen molar-refractivity contribution in [2.24, 2.45) is 0 Å². The predicted molar refractivity (Wildman–Crippen MR) is 147 cm³/mol. The predicted octanol–water partition coefficient (Wildman–Crippen LogP) is 3.92. The summed E-state index contributed by atoms with van der Waals surface area (Å²) in [4.78, 5) is 28.4. The van der Waals surface area contributed by atoms with Gasteiger partial charge < -0.3 is 10.2 Å². The molecule has 0 radical (unpaired) electrons. The molecule has 1 N–H and O–H groups in total. The van der Waals surface area contributed by atoms with Crippen LogP contribution in [0.3, 0.4) is 0 Å². The highest BCUT2D eigenvalue weighted by atomic mass is 32.2. The molecule has 0 unspecified atom stereocenters. The first kappa shape index (κ1) is 29.6. The number of benzene rings is 2. The topological polar surface area (TPSA) is 90.0 Å². The Bertz CT molecular complexity index is 1250. The monoisotopic (exact) mass is 546 g/mol. The lowest BCUT2D eigenvalue weighted by Gasteiger charge is -2.34. The molecule has 10 heteroatoms. The number of rotatable bonds is 10. The van der Waals surface area contributed by atoms with Crippen LogP contribution in [0.5, 0.6) is 0 Å². The lowest BCUT2D eigenvalue weighted by molar-refractivity contribution is -0.139. The summed E-state index contributed by atoms with van der Waals surface area (Å²) in [6.07, 6.45) is 4.95. The molecular formula is C28H39FN4O4S. The highest BCUT2D eigenvalue weighted by Crippen LogP contribution is 2.26. The Morgan fingerprint density at radius 1 is 1.05 bits per heavy atom. The molecule has 3 rings (SSSR count). The summed E-state index contributed by atoms with van der Waals surface area (Å²) in [6, 6.07) is 10.5. The van der Waals surface area contributed by atoms with E-state index in [2.05, 4.69) is 5.32 Å². The summed E-state index contributed by atoms with van der Waals surface area (Å²) < 4.78 is 43.5. The Hall–Kier alpha value is -2.98. The van der Waals surface area contributed by atoms with Crippen LogP contribution in [0.1, 0.15) is 55.7 Å². The summed E-state index contributed by atoms with van der Waals surface area (Å²) in [7, 11) is -1.27. The molecule has 0 aromatic heterocycles. The van der Waals surface area contributed by atoms with Crippen molar-refractivity contribution < 1.29 is 22.4 Å². The Labute approximate surface area is 226 Å². The number of aryl methyl sites for hydroxylation is 2. The Balaban J connectivity index is 1.96. The van der Waals surface area contributed by atoms with E-state index in [-0.39, 0.29) is 24.1 Å². The third-order valence-corrected chi connectivity index (χ3v) is 8.88. The molecule has 2 aromatic rings. The van der Waals surface area contributed by atoms with Crippen LogP contribution in [-0.4, -0.2) is 62.2 Å². The molecule has 1 saturated carbocycles. The van der Waals surface area contributed by atoms with Crippen LogP contribution in [0.2, 0.25) is 0 Å². The van der Waals surface area contributed by atoms with Gasteiger partial charge in [-0.2, -0.15) is 12.7 Å². The first-order valence-corrected chi connectivity index (χ1v) is 14.4. The fourth-order valence-corrected chi connectivity index (χ4v) is 5.76. The van der Waals surface area contributed by atoms with Crippen molar-refractivity contribution in [2.75, 3.05) is 24.9 Å². The van der Waals surface area contributed by atoms with Gasteiger partial charge in [-0.15, -0.1) is 0 Å². The summed E-state index contributed by atoms with van der Waals surface area (Å²) in [6.45, 7) is 4.50. The summed E-state index contributed by atoms with van der Waals surface area (Å²) in [5.41, 5.74) is 2.13. The number of anilines is 1. The maximum atomic E-state index is 14.6. The van der Waals surface area contributed by atoms with Gasteiger partial charge in [-0.05, 0) is 56.9 Å². The average Bonchev–Trinajstić information content (AvgIpc) is 2.88. The number of halogens is 1. The smallest absolute Gasteiger partial charge is 0.304 e. The van der Waals surface area contributed by atoms with Crippen molar-refractivity contribution in [3.63, 3.8) is 0 Å². The standard InChI is InChI=1S/C28H39FN4O4S/c1-20-15-16-21(2)26(17-20)33(38(36,37)31(4)5)19-27(34)32(18-23-11-9-10-14-25(23)29)22(3)28(35)30-24-12-7-6-8-13-24/h9-11,14-17,22,24H,6-8,12-13,18-19H2,1-5H3,(H,30,35)/t22-/m1/s1. The fraction of sp³-hybridized carbons (Fsp3) is 0.500. The van der Waals surface area contributed by atoms with Crippen LogP contribution in [-0.2, 0) is 26.3 Å². The minimum atomic E-state index is -4.07. The number of amides is 2. The van der Waals surface area contributed by atoms with E-state index in [0.717, 1.165) is 46.3 Å². The van der Waals surface area contributed by atoms with E-state index in [9.17, 15) is 22.4 Å². The van der Waals surface area contributed by atoms with Crippen LogP contribution in [0.15, 0.2) is 42.5 Å². The molecule has 0 saturated heterocycles. The molecule has 1 aliphatic rings. The SMILES string of the molecule is Cc1ccc(C)c(N(CC(=O)N(Cc2ccccc2F)[C@H](C)C(=O)NC2CCCCC2)S(=O)(=O)N(C)C)c1. The number of nitrogens with one attached hydrogen (secondary N) is 1. The van der Waals surface area contributed by atoms with Gasteiger partial charge in [0.15, 0.2) is 0 Å². The van der Waals surface area contributed by atoms with Gasteiger partial charge >= 0.3 is 10.2 Å². The molecule has 1 aliphatic carbocycles. The first-order valence-electron chi connectivity index (χ1n) is 13.0. The minimum absolute atomic E-state index is 0.0321. The van der Waals surface area contributed by atoms with Crippen LogP contribution in [0.25, 0.3) is 0 Å². The summed E-state index contributed by atoms with van der Waals surface area (Å²) in [5, 5.41) is 3.04. The quantitative estimate of drug-likeness (QED) is 0.489. The molecule has 38 heavy (non-hydrogen) atoms. The molecule has 0 bridgehead atoms. The van der Waals surface area contributed by atoms with Gasteiger partial charge in [-0.3, -0.25) is 9.59 Å². The van der Waals surface area contributed by atoms with Crippen molar-refractivity contribution in [3.05, 3.63) is 65.0 Å². The van der Waals surface area contributed by atoms with E-state index in [1.54, 1.807) is 44.2 Å². The molecule has 1 atom stereocenters. The largest absolute Gasteiger partial charge is 0.352 e. The highest BCUT2D eigenvalue weighted by Gasteiger charge is 2.34. The zero-order valence-electron chi connectivity index (χ0n) is 22.9. The van der Waals surface area contributed by atoms with Crippen LogP contribution < -0.4 is 9.62 Å². The molecule has 208 valence electrons. The number of carbonyl (C=O) groups excluding carboxylic acids is 2. The summed E-state index contributed by atoms with van der Waals surface area (Å²) in [5.74, 6) is -1.45. The molecule has 1 fully saturated rings. The zero-order chi connectivity index (χ0) is 28.0. The van der Waals surface area contributed by atoms with Gasteiger partial charge in [-0.1, -0.05) is 49.6 Å². The second-order valence-electron chi connectivity index (χ2n) is 10.2. The molecule has 0 aliphatic heterocycles. The van der Waals surface area contributed by atoms with Crippen LogP contribution in [0, 0.1) is 19.7 Å². The van der Waals surface area contributed by atoms with E-state index < -0.39 is 34.5 Å². The average molecular weight is 547 g/mol. The fourth-order valence-electron chi connectivity index (χ4n) is 4.65. The van der Waals surface area contributed by atoms with Crippen molar-refractivity contribution in [1.29, 1.82) is 0 Å². The van der Waals surface area contributed by atoms with E-state index in [4.69, 9.17) is 0 Å². The Morgan fingerprint density at radius 2 is 1.71 bits per heavy atom. The van der Waals surface area contributed by atoms with E-state index in [1.807, 2.05) is 13.0 Å². The van der Waals surface area contributed by atoms with Crippen molar-refractivity contribution >= 4 is 27.7 Å². The van der Waals surface area contributed by atoms with Gasteiger partial charge in [0.25, 0.3) is 0 Å². The maximum Gasteiger partial charge on any atom is 0.304 e. The van der Waals surface area contributed by atoms with Gasteiger partial charge in [0.1, 0.15) is 18.4 Å². The van der Waals surface area contributed by atoms with Crippen LogP contribution in [0.4, 0.5) is 10.1 Å². The lowest BCUT2D eigenvalue weighted by atomic mass is 9.95.